The Hall–Kier alpha value is -1.36. The van der Waals surface area contributed by atoms with E-state index in [0.29, 0.717) is 12.6 Å². The largest absolute Gasteiger partial charge is 0.341 e. The second kappa shape index (κ2) is 5.74. The van der Waals surface area contributed by atoms with Crippen molar-refractivity contribution in [1.29, 1.82) is 0 Å². The third-order valence-corrected chi connectivity index (χ3v) is 3.86. The number of amides is 1. The van der Waals surface area contributed by atoms with E-state index >= 15 is 0 Å². The van der Waals surface area contributed by atoms with Gasteiger partial charge in [-0.15, -0.1) is 0 Å². The monoisotopic (exact) mass is 262 g/mol. The quantitative estimate of drug-likeness (QED) is 0.866. The lowest BCUT2D eigenvalue weighted by molar-refractivity contribution is -0.132. The Bertz CT molecular complexity index is 432. The Morgan fingerprint density at radius 1 is 1.32 bits per heavy atom. The van der Waals surface area contributed by atoms with Crippen LogP contribution in [0.15, 0.2) is 12.5 Å². The molecule has 1 aliphatic carbocycles. The maximum atomic E-state index is 12.1. The zero-order valence-electron chi connectivity index (χ0n) is 11.3. The fraction of sp³-hybridized carbons (Fsp3) is 0.714. The summed E-state index contributed by atoms with van der Waals surface area (Å²) in [6.07, 6.45) is 9.87. The van der Waals surface area contributed by atoms with Gasteiger partial charge in [0.15, 0.2) is 0 Å². The molecule has 0 unspecified atom stereocenters. The topological polar surface area (TPSA) is 50.2 Å². The number of nitrogens with one attached hydrogen (secondary N) is 1. The predicted molar refractivity (Wildman–Crippen MR) is 72.5 cm³/mol. The predicted octanol–water partition coefficient (Wildman–Crippen LogP) is 1.15. The molecule has 1 saturated carbocycles. The third kappa shape index (κ3) is 3.56. The second-order valence-corrected chi connectivity index (χ2v) is 5.63. The molecule has 1 aromatic heterocycles. The summed E-state index contributed by atoms with van der Waals surface area (Å²) >= 11 is 0. The standard InChI is InChI=1S/C14H22N4O/c19-14(18-6-2-1-3-7-18)10-17-9-13(16-11-17)8-15-12-4-5-12/h9,11-12,15H,1-8,10H2. The van der Waals surface area contributed by atoms with Crippen LogP contribution in [0.5, 0.6) is 0 Å². The number of likely N-dealkylation sites (tertiary alicyclic amines) is 1. The first-order chi connectivity index (χ1) is 9.31. The van der Waals surface area contributed by atoms with Crippen molar-refractivity contribution in [2.75, 3.05) is 13.1 Å². The SMILES string of the molecule is O=C(Cn1cnc(CNC2CC2)c1)N1CCCCC1. The fourth-order valence-corrected chi connectivity index (χ4v) is 2.52. The number of carbonyl (C=O) groups excluding carboxylic acids is 1. The highest BCUT2D eigenvalue weighted by Gasteiger charge is 2.20. The van der Waals surface area contributed by atoms with Crippen molar-refractivity contribution >= 4 is 5.91 Å². The van der Waals surface area contributed by atoms with Gasteiger partial charge in [0.05, 0.1) is 12.0 Å². The summed E-state index contributed by atoms with van der Waals surface area (Å²) < 4.78 is 1.90. The second-order valence-electron chi connectivity index (χ2n) is 5.63. The van der Waals surface area contributed by atoms with Crippen LogP contribution in [-0.4, -0.2) is 39.5 Å². The highest BCUT2D eigenvalue weighted by atomic mass is 16.2. The maximum absolute atomic E-state index is 12.1. The van der Waals surface area contributed by atoms with Crippen LogP contribution in [0.1, 0.15) is 37.8 Å². The Morgan fingerprint density at radius 2 is 2.11 bits per heavy atom. The Kier molecular flexibility index (Phi) is 3.82. The molecule has 0 spiro atoms. The van der Waals surface area contributed by atoms with Gasteiger partial charge in [0.1, 0.15) is 6.54 Å². The van der Waals surface area contributed by atoms with Gasteiger partial charge in [-0.3, -0.25) is 4.79 Å². The van der Waals surface area contributed by atoms with Crippen LogP contribution in [0.2, 0.25) is 0 Å². The number of hydrogen-bond acceptors (Lipinski definition) is 3. The molecule has 1 N–H and O–H groups in total. The first-order valence-electron chi connectivity index (χ1n) is 7.33. The van der Waals surface area contributed by atoms with Gasteiger partial charge in [0, 0.05) is 31.9 Å². The molecule has 0 aromatic carbocycles. The van der Waals surface area contributed by atoms with Gasteiger partial charge < -0.3 is 14.8 Å². The van der Waals surface area contributed by atoms with Gasteiger partial charge in [-0.1, -0.05) is 0 Å². The maximum Gasteiger partial charge on any atom is 0.242 e. The molecule has 0 atom stereocenters. The molecule has 1 amide bonds. The first kappa shape index (κ1) is 12.7. The summed E-state index contributed by atoms with van der Waals surface area (Å²) in [6, 6.07) is 0.695. The zero-order chi connectivity index (χ0) is 13.1. The van der Waals surface area contributed by atoms with Crippen LogP contribution >= 0.6 is 0 Å². The van der Waals surface area contributed by atoms with Crippen LogP contribution in [0, 0.1) is 0 Å². The van der Waals surface area contributed by atoms with E-state index in [1.165, 1.54) is 19.3 Å². The number of imidazole rings is 1. The molecule has 3 rings (SSSR count). The highest BCUT2D eigenvalue weighted by molar-refractivity contribution is 5.76. The van der Waals surface area contributed by atoms with Crippen molar-refractivity contribution in [3.8, 4) is 0 Å². The van der Waals surface area contributed by atoms with Crippen molar-refractivity contribution in [2.24, 2.45) is 0 Å². The number of piperidine rings is 1. The van der Waals surface area contributed by atoms with Crippen molar-refractivity contribution < 1.29 is 4.79 Å². The molecule has 0 bridgehead atoms. The molecular weight excluding hydrogens is 240 g/mol. The first-order valence-corrected chi connectivity index (χ1v) is 7.33. The molecule has 19 heavy (non-hydrogen) atoms. The van der Waals surface area contributed by atoms with Crippen molar-refractivity contribution in [2.45, 2.75) is 51.2 Å². The molecule has 2 heterocycles. The summed E-state index contributed by atoms with van der Waals surface area (Å²) in [5, 5.41) is 3.43. The number of carbonyl (C=O) groups is 1. The average Bonchev–Trinajstić information content (AvgIpc) is 3.17. The van der Waals surface area contributed by atoms with E-state index in [1.54, 1.807) is 6.33 Å². The van der Waals surface area contributed by atoms with E-state index in [2.05, 4.69) is 10.3 Å². The number of rotatable bonds is 5. The molecule has 5 heteroatoms. The number of nitrogens with zero attached hydrogens (tertiary/aromatic N) is 3. The third-order valence-electron chi connectivity index (χ3n) is 3.86. The highest BCUT2D eigenvalue weighted by Crippen LogP contribution is 2.19. The smallest absolute Gasteiger partial charge is 0.242 e. The van der Waals surface area contributed by atoms with Gasteiger partial charge in [-0.05, 0) is 32.1 Å². The van der Waals surface area contributed by atoms with Crippen molar-refractivity contribution in [3.63, 3.8) is 0 Å². The van der Waals surface area contributed by atoms with Crippen LogP contribution < -0.4 is 5.32 Å². The van der Waals surface area contributed by atoms with Crippen LogP contribution in [0.25, 0.3) is 0 Å². The molecule has 2 aliphatic rings. The van der Waals surface area contributed by atoms with E-state index in [9.17, 15) is 4.79 Å². The molecule has 2 fully saturated rings. The Morgan fingerprint density at radius 3 is 2.84 bits per heavy atom. The minimum Gasteiger partial charge on any atom is -0.341 e. The molecule has 5 nitrogen and oxygen atoms in total. The molecule has 1 aliphatic heterocycles. The lowest BCUT2D eigenvalue weighted by atomic mass is 10.1. The summed E-state index contributed by atoms with van der Waals surface area (Å²) in [5.41, 5.74) is 1.03. The number of hydrogen-bond donors (Lipinski definition) is 1. The van der Waals surface area contributed by atoms with Crippen LogP contribution in [0.4, 0.5) is 0 Å². The zero-order valence-corrected chi connectivity index (χ0v) is 11.3. The summed E-state index contributed by atoms with van der Waals surface area (Å²) in [5.74, 6) is 0.221. The van der Waals surface area contributed by atoms with E-state index < -0.39 is 0 Å². The van der Waals surface area contributed by atoms with E-state index in [4.69, 9.17) is 0 Å². The summed E-state index contributed by atoms with van der Waals surface area (Å²) in [4.78, 5) is 18.4. The van der Waals surface area contributed by atoms with Gasteiger partial charge in [0.25, 0.3) is 0 Å². The molecular formula is C14H22N4O. The van der Waals surface area contributed by atoms with Crippen LogP contribution in [0.3, 0.4) is 0 Å². The molecule has 1 saturated heterocycles. The average molecular weight is 262 g/mol. The van der Waals surface area contributed by atoms with E-state index in [-0.39, 0.29) is 5.91 Å². The van der Waals surface area contributed by atoms with Gasteiger partial charge in [-0.2, -0.15) is 0 Å². The van der Waals surface area contributed by atoms with Gasteiger partial charge in [-0.25, -0.2) is 4.98 Å². The van der Waals surface area contributed by atoms with Gasteiger partial charge in [0.2, 0.25) is 5.91 Å². The Labute approximate surface area is 114 Å². The van der Waals surface area contributed by atoms with Gasteiger partial charge >= 0.3 is 0 Å². The molecule has 104 valence electrons. The normalized spacial score (nSPS) is 19.7. The fourth-order valence-electron chi connectivity index (χ4n) is 2.52. The summed E-state index contributed by atoms with van der Waals surface area (Å²) in [7, 11) is 0. The van der Waals surface area contributed by atoms with Crippen LogP contribution in [-0.2, 0) is 17.9 Å². The minimum absolute atomic E-state index is 0.221. The molecule has 0 radical (unpaired) electrons. The van der Waals surface area contributed by atoms with E-state index in [0.717, 1.165) is 38.2 Å². The Balaban J connectivity index is 1.49. The lowest BCUT2D eigenvalue weighted by Gasteiger charge is -2.26. The molecule has 1 aromatic rings. The minimum atomic E-state index is 0.221. The number of aromatic nitrogens is 2. The van der Waals surface area contributed by atoms with Crippen molar-refractivity contribution in [3.05, 3.63) is 18.2 Å². The van der Waals surface area contributed by atoms with Crippen molar-refractivity contribution in [1.82, 2.24) is 19.8 Å². The van der Waals surface area contributed by atoms with E-state index in [1.807, 2.05) is 15.7 Å². The lowest BCUT2D eigenvalue weighted by Crippen LogP contribution is -2.37. The summed E-state index contributed by atoms with van der Waals surface area (Å²) in [6.45, 7) is 3.08.